The molecule has 0 spiro atoms. The summed E-state index contributed by atoms with van der Waals surface area (Å²) in [7, 11) is 0. The third kappa shape index (κ3) is 2.17. The van der Waals surface area contributed by atoms with Gasteiger partial charge in [-0.2, -0.15) is 5.10 Å². The average molecular weight is 248 g/mol. The molecule has 1 unspecified atom stereocenters. The van der Waals surface area contributed by atoms with Gasteiger partial charge in [-0.3, -0.25) is 14.7 Å². The predicted molar refractivity (Wildman–Crippen MR) is 63.7 cm³/mol. The van der Waals surface area contributed by atoms with Crippen molar-refractivity contribution >= 4 is 5.97 Å². The molecule has 96 valence electrons. The van der Waals surface area contributed by atoms with E-state index in [1.807, 2.05) is 0 Å². The van der Waals surface area contributed by atoms with Gasteiger partial charge in [-0.1, -0.05) is 0 Å². The van der Waals surface area contributed by atoms with Crippen LogP contribution in [-0.4, -0.2) is 16.2 Å². The first-order valence-electron chi connectivity index (χ1n) is 6.35. The molecule has 1 N–H and O–H groups in total. The first kappa shape index (κ1) is 11.4. The number of aryl methyl sites for hydroxylation is 1. The van der Waals surface area contributed by atoms with Crippen LogP contribution in [-0.2, 0) is 16.1 Å². The van der Waals surface area contributed by atoms with Crippen molar-refractivity contribution in [3.05, 3.63) is 27.7 Å². The normalized spacial score (nSPS) is 28.8. The number of hydrogen-bond donors (Lipinski definition) is 1. The highest BCUT2D eigenvalue weighted by atomic mass is 16.5. The fourth-order valence-corrected chi connectivity index (χ4v) is 2.79. The van der Waals surface area contributed by atoms with E-state index < -0.39 is 0 Å². The minimum absolute atomic E-state index is 0.0275. The van der Waals surface area contributed by atoms with Crippen LogP contribution in [0.5, 0.6) is 0 Å². The Balaban J connectivity index is 1.57. The predicted octanol–water partition coefficient (Wildman–Crippen LogP) is 1.17. The molecule has 2 aliphatic rings. The molecule has 2 fully saturated rings. The second-order valence-electron chi connectivity index (χ2n) is 5.39. The monoisotopic (exact) mass is 248 g/mol. The molecule has 0 aromatic carbocycles. The minimum Gasteiger partial charge on any atom is -0.459 e. The lowest BCUT2D eigenvalue weighted by Crippen LogP contribution is -2.20. The molecular formula is C13H16N2O3. The van der Waals surface area contributed by atoms with Crippen LogP contribution < -0.4 is 5.43 Å². The van der Waals surface area contributed by atoms with Crippen LogP contribution in [0.1, 0.15) is 30.7 Å². The molecule has 0 saturated heterocycles. The summed E-state index contributed by atoms with van der Waals surface area (Å²) >= 11 is 0. The van der Waals surface area contributed by atoms with Gasteiger partial charge in [-0.15, -0.1) is 0 Å². The topological polar surface area (TPSA) is 72.1 Å². The molecular weight excluding hydrogens is 232 g/mol. The number of hydrogen-bond acceptors (Lipinski definition) is 4. The number of nitrogens with zero attached hydrogens (tertiary/aromatic N) is 1. The van der Waals surface area contributed by atoms with Gasteiger partial charge in [0.15, 0.2) is 0 Å². The van der Waals surface area contributed by atoms with Gasteiger partial charge in [0.1, 0.15) is 12.3 Å². The Hall–Kier alpha value is -1.65. The summed E-state index contributed by atoms with van der Waals surface area (Å²) in [5, 5.41) is 6.59. The van der Waals surface area contributed by atoms with Gasteiger partial charge in [-0.25, -0.2) is 0 Å². The molecule has 3 atom stereocenters. The van der Waals surface area contributed by atoms with Gasteiger partial charge in [0.25, 0.3) is 0 Å². The molecule has 2 aliphatic carbocycles. The molecule has 1 aromatic heterocycles. The quantitative estimate of drug-likeness (QED) is 0.815. The number of H-pyrrole nitrogens is 1. The van der Waals surface area contributed by atoms with Gasteiger partial charge in [0.05, 0.1) is 5.92 Å². The zero-order valence-electron chi connectivity index (χ0n) is 10.3. The van der Waals surface area contributed by atoms with Crippen LogP contribution in [0.3, 0.4) is 0 Å². The van der Waals surface area contributed by atoms with E-state index in [0.29, 0.717) is 5.69 Å². The minimum atomic E-state index is -0.187. The van der Waals surface area contributed by atoms with Crippen LogP contribution in [0.15, 0.2) is 10.9 Å². The number of esters is 1. The third-order valence-corrected chi connectivity index (χ3v) is 3.93. The number of aromatic amines is 1. The zero-order valence-corrected chi connectivity index (χ0v) is 10.3. The maximum Gasteiger partial charge on any atom is 0.309 e. The van der Waals surface area contributed by atoms with Crippen molar-refractivity contribution in [2.45, 2.75) is 32.8 Å². The molecule has 1 aromatic rings. The fraction of sp³-hybridized carbons (Fsp3) is 0.615. The Morgan fingerprint density at radius 1 is 1.44 bits per heavy atom. The van der Waals surface area contributed by atoms with Crippen molar-refractivity contribution in [1.82, 2.24) is 10.2 Å². The molecule has 0 bridgehead atoms. The third-order valence-electron chi connectivity index (χ3n) is 3.93. The molecule has 18 heavy (non-hydrogen) atoms. The van der Waals surface area contributed by atoms with Gasteiger partial charge in [-0.05, 0) is 38.0 Å². The van der Waals surface area contributed by atoms with E-state index in [9.17, 15) is 9.59 Å². The summed E-state index contributed by atoms with van der Waals surface area (Å²) in [4.78, 5) is 23.4. The van der Waals surface area contributed by atoms with E-state index >= 15 is 0 Å². The van der Waals surface area contributed by atoms with E-state index in [1.165, 1.54) is 12.5 Å². The van der Waals surface area contributed by atoms with Crippen molar-refractivity contribution in [2.75, 3.05) is 0 Å². The van der Waals surface area contributed by atoms with Crippen LogP contribution in [0.25, 0.3) is 0 Å². The van der Waals surface area contributed by atoms with Gasteiger partial charge in [0.2, 0.25) is 5.43 Å². The van der Waals surface area contributed by atoms with Gasteiger partial charge >= 0.3 is 5.97 Å². The Bertz CT molecular complexity index is 527. The van der Waals surface area contributed by atoms with E-state index in [-0.39, 0.29) is 29.6 Å². The van der Waals surface area contributed by atoms with Crippen LogP contribution in [0, 0.1) is 24.7 Å². The molecule has 5 nitrogen and oxygen atoms in total. The molecule has 3 rings (SSSR count). The number of fused-ring (bicyclic) bond motifs is 1. The number of carbonyl (C=O) groups excluding carboxylic acids is 1. The molecule has 2 saturated carbocycles. The highest BCUT2D eigenvalue weighted by molar-refractivity contribution is 5.73. The lowest BCUT2D eigenvalue weighted by molar-refractivity contribution is -0.150. The second-order valence-corrected chi connectivity index (χ2v) is 5.39. The van der Waals surface area contributed by atoms with E-state index in [0.717, 1.165) is 24.7 Å². The van der Waals surface area contributed by atoms with Crippen molar-refractivity contribution in [3.8, 4) is 0 Å². The van der Waals surface area contributed by atoms with Crippen LogP contribution in [0.4, 0.5) is 0 Å². The fourth-order valence-electron chi connectivity index (χ4n) is 2.79. The first-order chi connectivity index (χ1) is 8.63. The largest absolute Gasteiger partial charge is 0.459 e. The van der Waals surface area contributed by atoms with Crippen molar-refractivity contribution in [2.24, 2.45) is 17.8 Å². The van der Waals surface area contributed by atoms with E-state index in [2.05, 4.69) is 10.2 Å². The number of rotatable bonds is 3. The summed E-state index contributed by atoms with van der Waals surface area (Å²) < 4.78 is 5.18. The Kier molecular flexibility index (Phi) is 2.69. The van der Waals surface area contributed by atoms with Crippen molar-refractivity contribution in [1.29, 1.82) is 0 Å². The highest BCUT2D eigenvalue weighted by Crippen LogP contribution is 2.54. The molecule has 0 radical (unpaired) electrons. The summed E-state index contributed by atoms with van der Waals surface area (Å²) in [6.07, 6.45) is 3.20. The highest BCUT2D eigenvalue weighted by Gasteiger charge is 2.48. The zero-order chi connectivity index (χ0) is 12.7. The Morgan fingerprint density at radius 2 is 2.17 bits per heavy atom. The number of nitrogens with one attached hydrogen (secondary N) is 1. The second kappa shape index (κ2) is 4.23. The number of ether oxygens (including phenoxy) is 1. The summed E-state index contributed by atoms with van der Waals surface area (Å²) in [5.41, 5.74) is 0.774. The number of carbonyl (C=O) groups is 1. The molecule has 5 heteroatoms. The standard InChI is InChI=1S/C13H16N2O3/c1-7-2-12(16)11(15-14-7)6-18-13(17)10-4-8-3-9(8)5-10/h2,8-10H,3-6H2,1H3,(H,14,16)/t8-,9+,10?. The molecule has 0 amide bonds. The maximum absolute atomic E-state index is 11.8. The van der Waals surface area contributed by atoms with Gasteiger partial charge in [0, 0.05) is 11.8 Å². The molecule has 0 aliphatic heterocycles. The summed E-state index contributed by atoms with van der Waals surface area (Å²) in [5.74, 6) is 1.37. The van der Waals surface area contributed by atoms with E-state index in [4.69, 9.17) is 4.74 Å². The van der Waals surface area contributed by atoms with Crippen molar-refractivity contribution < 1.29 is 9.53 Å². The Labute approximate surface area is 105 Å². The van der Waals surface area contributed by atoms with Crippen LogP contribution in [0.2, 0.25) is 0 Å². The van der Waals surface area contributed by atoms with E-state index in [1.54, 1.807) is 6.92 Å². The number of aromatic nitrogens is 2. The summed E-state index contributed by atoms with van der Waals surface area (Å²) in [6.45, 7) is 1.73. The smallest absolute Gasteiger partial charge is 0.309 e. The van der Waals surface area contributed by atoms with Gasteiger partial charge < -0.3 is 4.74 Å². The average Bonchev–Trinajstić information content (AvgIpc) is 2.95. The molecule has 1 heterocycles. The maximum atomic E-state index is 11.8. The van der Waals surface area contributed by atoms with Crippen LogP contribution >= 0.6 is 0 Å². The summed E-state index contributed by atoms with van der Waals surface area (Å²) in [6, 6.07) is 1.46. The lowest BCUT2D eigenvalue weighted by Gasteiger charge is -2.10. The SMILES string of the molecule is Cc1cc(=O)c(COC(=O)C2C[C@@H]3C[C@@H]3C2)n[nH]1. The Morgan fingerprint density at radius 3 is 2.83 bits per heavy atom. The first-order valence-corrected chi connectivity index (χ1v) is 6.35. The lowest BCUT2D eigenvalue weighted by atomic mass is 10.0. The van der Waals surface area contributed by atoms with Crippen molar-refractivity contribution in [3.63, 3.8) is 0 Å².